The van der Waals surface area contributed by atoms with Gasteiger partial charge in [-0.25, -0.2) is 9.97 Å². The number of nitriles is 1. The Balaban J connectivity index is 1.46. The fourth-order valence-electron chi connectivity index (χ4n) is 4.45. The average molecular weight is 561 g/mol. The van der Waals surface area contributed by atoms with Crippen LogP contribution in [0.15, 0.2) is 48.5 Å². The van der Waals surface area contributed by atoms with Crippen LogP contribution < -0.4 is 20.3 Å². The molecule has 1 saturated carbocycles. The van der Waals surface area contributed by atoms with Crippen LogP contribution in [0.5, 0.6) is 5.75 Å². The van der Waals surface area contributed by atoms with E-state index in [1.807, 2.05) is 18.2 Å². The second kappa shape index (κ2) is 13.0. The largest absolute Gasteiger partial charge is 0.419 e. The Kier molecular flexibility index (Phi) is 9.30. The molecule has 0 unspecified atom stereocenters. The van der Waals surface area contributed by atoms with Gasteiger partial charge in [0, 0.05) is 37.7 Å². The molecule has 2 amide bonds. The number of esters is 1. The minimum absolute atomic E-state index is 0.00468. The summed E-state index contributed by atoms with van der Waals surface area (Å²) in [6, 6.07) is 15.7. The van der Waals surface area contributed by atoms with Gasteiger partial charge in [-0.15, -0.1) is 0 Å². The second-order valence-corrected chi connectivity index (χ2v) is 9.96. The van der Waals surface area contributed by atoms with Crippen LogP contribution in [0.1, 0.15) is 59.9 Å². The van der Waals surface area contributed by atoms with E-state index < -0.39 is 5.97 Å². The Morgan fingerprint density at radius 1 is 1.07 bits per heavy atom. The average Bonchev–Trinajstić information content (AvgIpc) is 3.43. The lowest BCUT2D eigenvalue weighted by Gasteiger charge is -2.22. The quantitative estimate of drug-likeness (QED) is 0.292. The number of anilines is 2. The van der Waals surface area contributed by atoms with Crippen LogP contribution in [0.3, 0.4) is 0 Å². The number of hydrogen-bond acceptors (Lipinski definition) is 8. The van der Waals surface area contributed by atoms with Gasteiger partial charge in [-0.2, -0.15) is 5.26 Å². The van der Waals surface area contributed by atoms with Gasteiger partial charge in [-0.1, -0.05) is 36.6 Å². The molecule has 2 aromatic carbocycles. The van der Waals surface area contributed by atoms with Crippen LogP contribution in [0, 0.1) is 11.3 Å². The van der Waals surface area contributed by atoms with Gasteiger partial charge in [-0.05, 0) is 54.8 Å². The number of aromatic nitrogens is 2. The highest BCUT2D eigenvalue weighted by Gasteiger charge is 2.23. The molecule has 10 nitrogen and oxygen atoms in total. The molecule has 40 heavy (non-hydrogen) atoms. The Morgan fingerprint density at radius 2 is 1.75 bits per heavy atom. The second-order valence-electron chi connectivity index (χ2n) is 9.60. The zero-order chi connectivity index (χ0) is 28.6. The standard InChI is InChI=1S/C29H29ClN6O4/c1-18(37)40-26-27(30)34-24(35-28(26)36(2)17-25(38)32-22-5-3-4-6-22)15-19-9-13-23(14-10-19)33-29(39)21-11-7-20(16-31)8-12-21/h7-14,22H,3-6,15,17H2,1-2H3,(H,32,38)(H,33,39). The first-order valence-corrected chi connectivity index (χ1v) is 13.3. The molecule has 0 spiro atoms. The minimum Gasteiger partial charge on any atom is -0.419 e. The summed E-state index contributed by atoms with van der Waals surface area (Å²) in [6.45, 7) is 1.26. The molecule has 3 aromatic rings. The Bertz CT molecular complexity index is 1430. The van der Waals surface area contributed by atoms with Crippen molar-refractivity contribution in [1.29, 1.82) is 5.26 Å². The monoisotopic (exact) mass is 560 g/mol. The van der Waals surface area contributed by atoms with Crippen molar-refractivity contribution in [3.05, 3.63) is 76.2 Å². The van der Waals surface area contributed by atoms with Gasteiger partial charge in [0.1, 0.15) is 5.82 Å². The number of rotatable bonds is 9. The van der Waals surface area contributed by atoms with Crippen molar-refractivity contribution in [2.75, 3.05) is 23.8 Å². The molecule has 2 N–H and O–H groups in total. The molecule has 0 bridgehead atoms. The summed E-state index contributed by atoms with van der Waals surface area (Å²) < 4.78 is 5.29. The number of carbonyl (C=O) groups is 3. The van der Waals surface area contributed by atoms with E-state index in [1.54, 1.807) is 48.3 Å². The first-order valence-electron chi connectivity index (χ1n) is 12.9. The Morgan fingerprint density at radius 3 is 2.38 bits per heavy atom. The molecule has 1 aliphatic carbocycles. The summed E-state index contributed by atoms with van der Waals surface area (Å²) in [4.78, 5) is 47.3. The molecule has 1 aliphatic rings. The van der Waals surface area contributed by atoms with Crippen molar-refractivity contribution < 1.29 is 19.1 Å². The topological polar surface area (TPSA) is 137 Å². The van der Waals surface area contributed by atoms with E-state index in [0.717, 1.165) is 31.2 Å². The number of amides is 2. The van der Waals surface area contributed by atoms with Gasteiger partial charge in [-0.3, -0.25) is 14.4 Å². The fourth-order valence-corrected chi connectivity index (χ4v) is 4.67. The number of nitrogens with zero attached hydrogens (tertiary/aromatic N) is 4. The Labute approximate surface area is 237 Å². The van der Waals surface area contributed by atoms with Gasteiger partial charge in [0.2, 0.25) is 11.7 Å². The molecule has 206 valence electrons. The third kappa shape index (κ3) is 7.55. The summed E-state index contributed by atoms with van der Waals surface area (Å²) in [6.07, 6.45) is 4.45. The first kappa shape index (κ1) is 28.5. The van der Waals surface area contributed by atoms with Crippen LogP contribution in [-0.2, 0) is 16.0 Å². The summed E-state index contributed by atoms with van der Waals surface area (Å²) in [7, 11) is 1.68. The van der Waals surface area contributed by atoms with Crippen LogP contribution >= 0.6 is 11.6 Å². The summed E-state index contributed by atoms with van der Waals surface area (Å²) in [5, 5.41) is 14.7. The SMILES string of the molecule is CC(=O)Oc1c(Cl)nc(Cc2ccc(NC(=O)c3ccc(C#N)cc3)cc2)nc1N(C)CC(=O)NC1CCCC1. The lowest BCUT2D eigenvalue weighted by Crippen LogP contribution is -2.40. The lowest BCUT2D eigenvalue weighted by atomic mass is 10.1. The number of ether oxygens (including phenoxy) is 1. The van der Waals surface area contributed by atoms with Crippen molar-refractivity contribution in [1.82, 2.24) is 15.3 Å². The molecule has 0 aliphatic heterocycles. The lowest BCUT2D eigenvalue weighted by molar-refractivity contribution is -0.131. The molecule has 1 heterocycles. The highest BCUT2D eigenvalue weighted by Crippen LogP contribution is 2.33. The van der Waals surface area contributed by atoms with Gasteiger partial charge in [0.05, 0.1) is 18.2 Å². The zero-order valence-electron chi connectivity index (χ0n) is 22.2. The molecule has 1 aromatic heterocycles. The summed E-state index contributed by atoms with van der Waals surface area (Å²) in [5.41, 5.74) is 2.36. The van der Waals surface area contributed by atoms with Crippen LogP contribution in [-0.4, -0.2) is 47.4 Å². The molecule has 11 heteroatoms. The molecule has 0 radical (unpaired) electrons. The number of halogens is 1. The maximum atomic E-state index is 12.6. The number of nitrogens with one attached hydrogen (secondary N) is 2. The van der Waals surface area contributed by atoms with Gasteiger partial charge in [0.25, 0.3) is 5.91 Å². The first-order chi connectivity index (χ1) is 19.2. The van der Waals surface area contributed by atoms with E-state index in [-0.39, 0.29) is 41.1 Å². The molecular formula is C29H29ClN6O4. The summed E-state index contributed by atoms with van der Waals surface area (Å²) >= 11 is 6.40. The van der Waals surface area contributed by atoms with E-state index >= 15 is 0 Å². The number of hydrogen-bond donors (Lipinski definition) is 2. The van der Waals surface area contributed by atoms with Crippen molar-refractivity contribution >= 4 is 40.9 Å². The van der Waals surface area contributed by atoms with Crippen LogP contribution in [0.4, 0.5) is 11.5 Å². The van der Waals surface area contributed by atoms with Crippen molar-refractivity contribution in [3.8, 4) is 11.8 Å². The normalized spacial score (nSPS) is 12.8. The summed E-state index contributed by atoms with van der Waals surface area (Å²) in [5.74, 6) is -0.431. The predicted molar refractivity (Wildman–Crippen MR) is 150 cm³/mol. The van der Waals surface area contributed by atoms with E-state index in [0.29, 0.717) is 29.1 Å². The third-order valence-electron chi connectivity index (χ3n) is 6.41. The van der Waals surface area contributed by atoms with E-state index in [1.165, 1.54) is 6.92 Å². The van der Waals surface area contributed by atoms with E-state index in [4.69, 9.17) is 21.6 Å². The highest BCUT2D eigenvalue weighted by atomic mass is 35.5. The molecule has 0 atom stereocenters. The van der Waals surface area contributed by atoms with Crippen molar-refractivity contribution in [2.24, 2.45) is 0 Å². The molecule has 1 fully saturated rings. The van der Waals surface area contributed by atoms with Gasteiger partial charge >= 0.3 is 5.97 Å². The number of carbonyl (C=O) groups excluding carboxylic acids is 3. The van der Waals surface area contributed by atoms with E-state index in [2.05, 4.69) is 20.6 Å². The smallest absolute Gasteiger partial charge is 0.308 e. The molecular weight excluding hydrogens is 532 g/mol. The number of likely N-dealkylation sites (N-methyl/N-ethyl adjacent to an activating group) is 1. The Hall–Kier alpha value is -4.49. The third-order valence-corrected chi connectivity index (χ3v) is 6.67. The van der Waals surface area contributed by atoms with Crippen LogP contribution in [0.25, 0.3) is 0 Å². The van der Waals surface area contributed by atoms with Crippen molar-refractivity contribution in [2.45, 2.75) is 45.1 Å². The highest BCUT2D eigenvalue weighted by molar-refractivity contribution is 6.31. The van der Waals surface area contributed by atoms with Gasteiger partial charge < -0.3 is 20.3 Å². The minimum atomic E-state index is -0.582. The van der Waals surface area contributed by atoms with Gasteiger partial charge in [0.15, 0.2) is 11.0 Å². The van der Waals surface area contributed by atoms with E-state index in [9.17, 15) is 14.4 Å². The zero-order valence-corrected chi connectivity index (χ0v) is 23.0. The van der Waals surface area contributed by atoms with Crippen molar-refractivity contribution in [3.63, 3.8) is 0 Å². The maximum Gasteiger partial charge on any atom is 0.308 e. The molecule has 0 saturated heterocycles. The van der Waals surface area contributed by atoms with Crippen LogP contribution in [0.2, 0.25) is 5.15 Å². The predicted octanol–water partition coefficient (Wildman–Crippen LogP) is 4.27. The fraction of sp³-hybridized carbons (Fsp3) is 0.310. The maximum absolute atomic E-state index is 12.6. The number of benzene rings is 2. The molecule has 4 rings (SSSR count).